The highest BCUT2D eigenvalue weighted by Crippen LogP contribution is 2.23. The topological polar surface area (TPSA) is 41.6 Å². The lowest BCUT2D eigenvalue weighted by molar-refractivity contribution is -0.116. The van der Waals surface area contributed by atoms with Gasteiger partial charge in [0.25, 0.3) is 0 Å². The van der Waals surface area contributed by atoms with Gasteiger partial charge in [0.05, 0.1) is 11.1 Å². The molecule has 0 aliphatic carbocycles. The van der Waals surface area contributed by atoms with Crippen molar-refractivity contribution in [3.05, 3.63) is 58.9 Å². The molecule has 1 fully saturated rings. The van der Waals surface area contributed by atoms with Crippen LogP contribution in [0.1, 0.15) is 24.8 Å². The van der Waals surface area contributed by atoms with Crippen LogP contribution in [0.2, 0.25) is 5.02 Å². The molecule has 0 saturated carbocycles. The van der Waals surface area contributed by atoms with Gasteiger partial charge in [-0.15, -0.1) is 0 Å². The third-order valence-electron chi connectivity index (χ3n) is 4.85. The lowest BCUT2D eigenvalue weighted by atomic mass is 10.1. The Balaban J connectivity index is 1.51. The molecule has 3 rings (SSSR count). The number of carbonyl (C=O) groups is 1. The molecule has 0 bridgehead atoms. The summed E-state index contributed by atoms with van der Waals surface area (Å²) in [6.45, 7) is 1.91. The number of aryl methyl sites for hydroxylation is 1. The molecule has 27 heavy (non-hydrogen) atoms. The van der Waals surface area contributed by atoms with Crippen LogP contribution in [-0.4, -0.2) is 32.2 Å². The molecule has 1 saturated heterocycles. The summed E-state index contributed by atoms with van der Waals surface area (Å²) >= 11 is 5.67. The van der Waals surface area contributed by atoms with E-state index in [0.29, 0.717) is 6.42 Å². The first-order chi connectivity index (χ1) is 13.0. The molecule has 2 aromatic carbocycles. The molecular formula is C21H24ClFN2O2. The second kappa shape index (κ2) is 9.20. The van der Waals surface area contributed by atoms with Gasteiger partial charge in [0.1, 0.15) is 5.82 Å². The van der Waals surface area contributed by atoms with Gasteiger partial charge in [-0.2, -0.15) is 0 Å². The van der Waals surface area contributed by atoms with Crippen LogP contribution in [0.15, 0.2) is 42.5 Å². The Morgan fingerprint density at radius 1 is 1.30 bits per heavy atom. The molecule has 144 valence electrons. The lowest BCUT2D eigenvalue weighted by Gasteiger charge is -2.33. The predicted octanol–water partition coefficient (Wildman–Crippen LogP) is 4.67. The van der Waals surface area contributed by atoms with Gasteiger partial charge in [-0.3, -0.25) is 4.79 Å². The highest BCUT2D eigenvalue weighted by atomic mass is 35.5. The van der Waals surface area contributed by atoms with Crippen molar-refractivity contribution in [1.29, 1.82) is 0 Å². The fraction of sp³-hybridized carbons (Fsp3) is 0.381. The minimum Gasteiger partial charge on any atom is -0.380 e. The Morgan fingerprint density at radius 3 is 2.78 bits per heavy atom. The monoisotopic (exact) mass is 390 g/mol. The third kappa shape index (κ3) is 5.44. The van der Waals surface area contributed by atoms with E-state index in [-0.39, 0.29) is 23.5 Å². The summed E-state index contributed by atoms with van der Waals surface area (Å²) in [7, 11) is 1.76. The van der Waals surface area contributed by atoms with Gasteiger partial charge in [-0.1, -0.05) is 17.7 Å². The third-order valence-corrected chi connectivity index (χ3v) is 5.16. The number of halogens is 2. The summed E-state index contributed by atoms with van der Waals surface area (Å²) < 4.78 is 18.9. The number of rotatable bonds is 6. The number of benzene rings is 2. The zero-order valence-corrected chi connectivity index (χ0v) is 16.1. The lowest BCUT2D eigenvalue weighted by Crippen LogP contribution is -2.39. The van der Waals surface area contributed by atoms with Crippen molar-refractivity contribution in [2.24, 2.45) is 0 Å². The van der Waals surface area contributed by atoms with E-state index in [1.165, 1.54) is 12.1 Å². The van der Waals surface area contributed by atoms with Crippen LogP contribution in [0, 0.1) is 5.82 Å². The number of carbonyl (C=O) groups excluding carboxylic acids is 1. The summed E-state index contributed by atoms with van der Waals surface area (Å²) in [4.78, 5) is 14.5. The normalized spacial score (nSPS) is 17.0. The fourth-order valence-corrected chi connectivity index (χ4v) is 3.41. The molecule has 1 aliphatic heterocycles. The number of amides is 1. The van der Waals surface area contributed by atoms with Crippen LogP contribution in [-0.2, 0) is 16.0 Å². The zero-order chi connectivity index (χ0) is 19.2. The van der Waals surface area contributed by atoms with Crippen molar-refractivity contribution in [1.82, 2.24) is 0 Å². The minimum absolute atomic E-state index is 0.0915. The number of hydrogen-bond donors (Lipinski definition) is 1. The van der Waals surface area contributed by atoms with E-state index in [1.807, 2.05) is 24.3 Å². The van der Waals surface area contributed by atoms with Gasteiger partial charge in [0, 0.05) is 38.0 Å². The summed E-state index contributed by atoms with van der Waals surface area (Å²) in [6, 6.07) is 12.5. The second-order valence-electron chi connectivity index (χ2n) is 6.79. The minimum atomic E-state index is -0.460. The smallest absolute Gasteiger partial charge is 0.224 e. The number of anilines is 2. The molecule has 0 spiro atoms. The fourth-order valence-electron chi connectivity index (χ4n) is 3.30. The number of nitrogens with one attached hydrogen (secondary N) is 1. The van der Waals surface area contributed by atoms with Gasteiger partial charge < -0.3 is 15.0 Å². The van der Waals surface area contributed by atoms with Crippen molar-refractivity contribution in [2.45, 2.75) is 31.8 Å². The molecule has 1 amide bonds. The molecule has 2 aromatic rings. The highest BCUT2D eigenvalue weighted by molar-refractivity contribution is 6.30. The predicted molar refractivity (Wildman–Crippen MR) is 107 cm³/mol. The van der Waals surface area contributed by atoms with Gasteiger partial charge in [0.2, 0.25) is 5.91 Å². The van der Waals surface area contributed by atoms with E-state index in [9.17, 15) is 9.18 Å². The van der Waals surface area contributed by atoms with Gasteiger partial charge in [-0.05, 0) is 61.2 Å². The summed E-state index contributed by atoms with van der Waals surface area (Å²) in [6.07, 6.45) is 3.23. The van der Waals surface area contributed by atoms with E-state index in [4.69, 9.17) is 16.3 Å². The van der Waals surface area contributed by atoms with E-state index in [1.54, 1.807) is 13.2 Å². The first-order valence-electron chi connectivity index (χ1n) is 9.17. The van der Waals surface area contributed by atoms with E-state index >= 15 is 0 Å². The van der Waals surface area contributed by atoms with Crippen molar-refractivity contribution < 1.29 is 13.9 Å². The molecule has 4 nitrogen and oxygen atoms in total. The van der Waals surface area contributed by atoms with Gasteiger partial charge in [-0.25, -0.2) is 4.39 Å². The Hall–Kier alpha value is -2.11. The first kappa shape index (κ1) is 19.6. The summed E-state index contributed by atoms with van der Waals surface area (Å²) in [5.74, 6) is -0.561. The molecule has 1 atom stereocenters. The molecule has 1 unspecified atom stereocenters. The standard InChI is InChI=1S/C21H24ClFN2O2/c1-27-18-3-2-12-25(14-18)17-8-6-16(7-9-17)24-21(26)11-5-15-4-10-19(22)20(23)13-15/h4,6-10,13,18H,2-3,5,11-12,14H2,1H3,(H,24,26). The van der Waals surface area contributed by atoms with Crippen molar-refractivity contribution in [3.8, 4) is 0 Å². The Labute approximate surface area is 164 Å². The van der Waals surface area contributed by atoms with Crippen molar-refractivity contribution in [3.63, 3.8) is 0 Å². The molecule has 0 radical (unpaired) electrons. The molecule has 1 aliphatic rings. The summed E-state index contributed by atoms with van der Waals surface area (Å²) in [5, 5.41) is 2.98. The average molecular weight is 391 g/mol. The quantitative estimate of drug-likeness (QED) is 0.779. The van der Waals surface area contributed by atoms with Crippen LogP contribution in [0.4, 0.5) is 15.8 Å². The van der Waals surface area contributed by atoms with Crippen LogP contribution >= 0.6 is 11.6 Å². The van der Waals surface area contributed by atoms with Crippen molar-refractivity contribution >= 4 is 28.9 Å². The molecule has 1 N–H and O–H groups in total. The highest BCUT2D eigenvalue weighted by Gasteiger charge is 2.19. The Morgan fingerprint density at radius 2 is 2.07 bits per heavy atom. The number of hydrogen-bond acceptors (Lipinski definition) is 3. The number of piperidine rings is 1. The second-order valence-corrected chi connectivity index (χ2v) is 7.20. The largest absolute Gasteiger partial charge is 0.380 e. The summed E-state index contributed by atoms with van der Waals surface area (Å²) in [5.41, 5.74) is 2.64. The number of methoxy groups -OCH3 is 1. The first-order valence-corrected chi connectivity index (χ1v) is 9.54. The average Bonchev–Trinajstić information content (AvgIpc) is 2.69. The van der Waals surface area contributed by atoms with E-state index < -0.39 is 5.82 Å². The Kier molecular flexibility index (Phi) is 6.69. The zero-order valence-electron chi connectivity index (χ0n) is 15.4. The van der Waals surface area contributed by atoms with Crippen molar-refractivity contribution in [2.75, 3.05) is 30.4 Å². The van der Waals surface area contributed by atoms with Crippen LogP contribution in [0.25, 0.3) is 0 Å². The maximum atomic E-state index is 13.4. The van der Waals surface area contributed by atoms with Gasteiger partial charge >= 0.3 is 0 Å². The molecule has 0 aromatic heterocycles. The Bertz CT molecular complexity index is 782. The maximum absolute atomic E-state index is 13.4. The number of nitrogens with zero attached hydrogens (tertiary/aromatic N) is 1. The van der Waals surface area contributed by atoms with Crippen LogP contribution in [0.5, 0.6) is 0 Å². The van der Waals surface area contributed by atoms with E-state index in [0.717, 1.165) is 42.9 Å². The molecular weight excluding hydrogens is 367 g/mol. The van der Waals surface area contributed by atoms with Crippen LogP contribution < -0.4 is 10.2 Å². The van der Waals surface area contributed by atoms with E-state index in [2.05, 4.69) is 10.2 Å². The van der Waals surface area contributed by atoms with Gasteiger partial charge in [0.15, 0.2) is 0 Å². The SMILES string of the molecule is COC1CCCN(c2ccc(NC(=O)CCc3ccc(Cl)c(F)c3)cc2)C1. The van der Waals surface area contributed by atoms with Crippen LogP contribution in [0.3, 0.4) is 0 Å². The molecule has 6 heteroatoms. The molecule has 1 heterocycles. The number of ether oxygens (including phenoxy) is 1. The maximum Gasteiger partial charge on any atom is 0.224 e.